The summed E-state index contributed by atoms with van der Waals surface area (Å²) < 4.78 is 4.66. The first-order valence-electron chi connectivity index (χ1n) is 8.96. The van der Waals surface area contributed by atoms with Gasteiger partial charge in [0.1, 0.15) is 5.69 Å². The van der Waals surface area contributed by atoms with Gasteiger partial charge in [-0.15, -0.1) is 0 Å². The van der Waals surface area contributed by atoms with Gasteiger partial charge in [-0.2, -0.15) is 0 Å². The van der Waals surface area contributed by atoms with Crippen molar-refractivity contribution in [2.45, 2.75) is 38.1 Å². The molecule has 25 heavy (non-hydrogen) atoms. The lowest BCUT2D eigenvalue weighted by atomic mass is 9.94. The highest BCUT2D eigenvalue weighted by Crippen LogP contribution is 2.31. The van der Waals surface area contributed by atoms with E-state index in [0.29, 0.717) is 11.7 Å². The first kappa shape index (κ1) is 17.7. The van der Waals surface area contributed by atoms with Crippen molar-refractivity contribution < 1.29 is 14.5 Å². The minimum absolute atomic E-state index is 0.0333. The molecule has 1 heterocycles. The highest BCUT2D eigenvalue weighted by atomic mass is 16.6. The Balaban J connectivity index is 1.71. The number of anilines is 1. The Kier molecular flexibility index (Phi) is 5.53. The molecule has 0 radical (unpaired) electrons. The van der Waals surface area contributed by atoms with Crippen LogP contribution in [0.4, 0.5) is 11.4 Å². The van der Waals surface area contributed by atoms with Crippen LogP contribution in [0.5, 0.6) is 0 Å². The van der Waals surface area contributed by atoms with E-state index in [-0.39, 0.29) is 11.3 Å². The minimum atomic E-state index is -0.559. The van der Waals surface area contributed by atoms with E-state index in [1.54, 1.807) is 12.1 Å². The maximum Gasteiger partial charge on any atom is 0.338 e. The van der Waals surface area contributed by atoms with Crippen molar-refractivity contribution in [3.63, 3.8) is 0 Å². The lowest BCUT2D eigenvalue weighted by Crippen LogP contribution is -2.51. The molecule has 1 saturated heterocycles. The number of esters is 1. The van der Waals surface area contributed by atoms with Crippen LogP contribution in [0.1, 0.15) is 42.5 Å². The van der Waals surface area contributed by atoms with Gasteiger partial charge in [0.25, 0.3) is 5.69 Å². The summed E-state index contributed by atoms with van der Waals surface area (Å²) in [5, 5.41) is 11.5. The first-order valence-corrected chi connectivity index (χ1v) is 8.96. The molecule has 1 aromatic carbocycles. The van der Waals surface area contributed by atoms with Crippen molar-refractivity contribution in [3.05, 3.63) is 33.9 Å². The number of benzene rings is 1. The lowest BCUT2D eigenvalue weighted by Gasteiger charge is -2.41. The third kappa shape index (κ3) is 3.92. The Labute approximate surface area is 147 Å². The zero-order valence-electron chi connectivity index (χ0n) is 14.6. The molecular formula is C18H25N3O4. The minimum Gasteiger partial charge on any atom is -0.465 e. The monoisotopic (exact) mass is 347 g/mol. The normalized spacial score (nSPS) is 19.6. The Bertz CT molecular complexity index is 635. The zero-order valence-corrected chi connectivity index (χ0v) is 14.6. The van der Waals surface area contributed by atoms with E-state index in [1.807, 2.05) is 0 Å². The molecule has 1 aliphatic carbocycles. The maximum atomic E-state index is 11.6. The van der Waals surface area contributed by atoms with Crippen LogP contribution in [0, 0.1) is 10.1 Å². The van der Waals surface area contributed by atoms with Gasteiger partial charge in [-0.3, -0.25) is 15.0 Å². The lowest BCUT2D eigenvalue weighted by molar-refractivity contribution is -0.384. The van der Waals surface area contributed by atoms with Gasteiger partial charge in [-0.05, 0) is 25.0 Å². The van der Waals surface area contributed by atoms with Crippen LogP contribution < -0.4 is 4.90 Å². The maximum absolute atomic E-state index is 11.6. The molecule has 1 aromatic rings. The predicted molar refractivity (Wildman–Crippen MR) is 95.1 cm³/mol. The van der Waals surface area contributed by atoms with Crippen LogP contribution in [0.2, 0.25) is 0 Å². The summed E-state index contributed by atoms with van der Waals surface area (Å²) in [6.07, 6.45) is 6.51. The number of carbonyl (C=O) groups is 1. The zero-order chi connectivity index (χ0) is 17.8. The van der Waals surface area contributed by atoms with Crippen LogP contribution >= 0.6 is 0 Å². The van der Waals surface area contributed by atoms with E-state index in [2.05, 4.69) is 14.5 Å². The fourth-order valence-electron chi connectivity index (χ4n) is 3.96. The Hall–Kier alpha value is -2.15. The van der Waals surface area contributed by atoms with Crippen LogP contribution in [-0.2, 0) is 4.74 Å². The largest absolute Gasteiger partial charge is 0.465 e. The van der Waals surface area contributed by atoms with E-state index >= 15 is 0 Å². The summed E-state index contributed by atoms with van der Waals surface area (Å²) in [5.74, 6) is -0.559. The summed E-state index contributed by atoms with van der Waals surface area (Å²) in [6.45, 7) is 3.41. The van der Waals surface area contributed by atoms with E-state index in [1.165, 1.54) is 45.3 Å². The average molecular weight is 347 g/mol. The van der Waals surface area contributed by atoms with Gasteiger partial charge in [-0.25, -0.2) is 4.79 Å². The van der Waals surface area contributed by atoms with Gasteiger partial charge in [0.05, 0.1) is 17.6 Å². The van der Waals surface area contributed by atoms with Crippen molar-refractivity contribution >= 4 is 17.3 Å². The highest BCUT2D eigenvalue weighted by molar-refractivity contribution is 5.91. The number of nitro groups is 1. The van der Waals surface area contributed by atoms with Crippen LogP contribution in [0.15, 0.2) is 18.2 Å². The number of methoxy groups -OCH3 is 1. The van der Waals surface area contributed by atoms with Crippen molar-refractivity contribution in [1.82, 2.24) is 4.90 Å². The summed E-state index contributed by atoms with van der Waals surface area (Å²) in [4.78, 5) is 27.2. The molecule has 1 aliphatic heterocycles. The molecule has 0 amide bonds. The van der Waals surface area contributed by atoms with Gasteiger partial charge in [0.15, 0.2) is 0 Å². The second kappa shape index (κ2) is 7.82. The van der Waals surface area contributed by atoms with E-state index < -0.39 is 10.9 Å². The molecule has 0 atom stereocenters. The number of rotatable bonds is 4. The van der Waals surface area contributed by atoms with Crippen molar-refractivity contribution in [2.24, 2.45) is 0 Å². The van der Waals surface area contributed by atoms with E-state index in [4.69, 9.17) is 0 Å². The summed E-state index contributed by atoms with van der Waals surface area (Å²) in [7, 11) is 1.27. The molecule has 136 valence electrons. The van der Waals surface area contributed by atoms with Crippen molar-refractivity contribution in [2.75, 3.05) is 38.2 Å². The van der Waals surface area contributed by atoms with Crippen molar-refractivity contribution in [3.8, 4) is 0 Å². The van der Waals surface area contributed by atoms with E-state index in [9.17, 15) is 14.9 Å². The first-order chi connectivity index (χ1) is 12.1. The Morgan fingerprint density at radius 2 is 1.84 bits per heavy atom. The molecule has 1 saturated carbocycles. The van der Waals surface area contributed by atoms with Crippen molar-refractivity contribution in [1.29, 1.82) is 0 Å². The van der Waals surface area contributed by atoms with Crippen LogP contribution in [-0.4, -0.2) is 55.1 Å². The predicted octanol–water partition coefficient (Wildman–Crippen LogP) is 2.84. The molecule has 2 fully saturated rings. The summed E-state index contributed by atoms with van der Waals surface area (Å²) in [5.41, 5.74) is 0.758. The molecule has 0 N–H and O–H groups in total. The van der Waals surface area contributed by atoms with Gasteiger partial charge < -0.3 is 9.64 Å². The molecule has 0 spiro atoms. The fourth-order valence-corrected chi connectivity index (χ4v) is 3.96. The summed E-state index contributed by atoms with van der Waals surface area (Å²) >= 11 is 0. The smallest absolute Gasteiger partial charge is 0.338 e. The molecule has 0 aromatic heterocycles. The van der Waals surface area contributed by atoms with Gasteiger partial charge in [-0.1, -0.05) is 19.3 Å². The second-order valence-electron chi connectivity index (χ2n) is 6.77. The topological polar surface area (TPSA) is 75.9 Å². The average Bonchev–Trinajstić information content (AvgIpc) is 2.67. The molecule has 2 aliphatic rings. The van der Waals surface area contributed by atoms with Crippen LogP contribution in [0.3, 0.4) is 0 Å². The number of ether oxygens (including phenoxy) is 1. The highest BCUT2D eigenvalue weighted by Gasteiger charge is 2.28. The third-order valence-corrected chi connectivity index (χ3v) is 5.34. The number of nitrogens with zero attached hydrogens (tertiary/aromatic N) is 3. The Morgan fingerprint density at radius 1 is 1.16 bits per heavy atom. The third-order valence-electron chi connectivity index (χ3n) is 5.34. The standard InChI is InChI=1S/C18H25N3O4/c1-25-18(22)14-7-8-16(17(13-14)21(23)24)20-11-9-19(10-12-20)15-5-3-2-4-6-15/h7-8,13,15H,2-6,9-12H2,1H3. The fraction of sp³-hybridized carbons (Fsp3) is 0.611. The Morgan fingerprint density at radius 3 is 2.44 bits per heavy atom. The number of carbonyl (C=O) groups excluding carboxylic acids is 1. The quantitative estimate of drug-likeness (QED) is 0.474. The number of nitro benzene ring substituents is 1. The molecule has 0 unspecified atom stereocenters. The SMILES string of the molecule is COC(=O)c1ccc(N2CCN(C3CCCCC3)CC2)c([N+](=O)[O-])c1. The molecule has 3 rings (SSSR count). The summed E-state index contributed by atoms with van der Waals surface area (Å²) in [6, 6.07) is 5.25. The van der Waals surface area contributed by atoms with E-state index in [0.717, 1.165) is 26.2 Å². The number of hydrogen-bond donors (Lipinski definition) is 0. The van der Waals surface area contributed by atoms with Gasteiger partial charge in [0.2, 0.25) is 0 Å². The number of piperazine rings is 1. The van der Waals surface area contributed by atoms with Gasteiger partial charge in [0, 0.05) is 38.3 Å². The second-order valence-corrected chi connectivity index (χ2v) is 6.77. The molecular weight excluding hydrogens is 322 g/mol. The molecule has 0 bridgehead atoms. The molecule has 7 nitrogen and oxygen atoms in total. The molecule has 7 heteroatoms. The van der Waals surface area contributed by atoms with Gasteiger partial charge >= 0.3 is 5.97 Å². The van der Waals surface area contributed by atoms with Crippen LogP contribution in [0.25, 0.3) is 0 Å². The number of hydrogen-bond acceptors (Lipinski definition) is 6.